The van der Waals surface area contributed by atoms with Gasteiger partial charge in [0.25, 0.3) is 0 Å². The lowest BCUT2D eigenvalue weighted by Gasteiger charge is -2.38. The van der Waals surface area contributed by atoms with Crippen molar-refractivity contribution >= 4 is 57.3 Å². The van der Waals surface area contributed by atoms with Crippen molar-refractivity contribution in [2.45, 2.75) is 24.4 Å². The molecule has 3 aliphatic heterocycles. The molecule has 1 spiro atoms. The van der Waals surface area contributed by atoms with Crippen molar-refractivity contribution in [1.82, 2.24) is 0 Å². The van der Waals surface area contributed by atoms with E-state index in [1.165, 1.54) is 6.92 Å². The van der Waals surface area contributed by atoms with Crippen LogP contribution < -0.4 is 10.2 Å². The maximum atomic E-state index is 14.5. The molecular weight excluding hydrogens is 496 g/mol. The average molecular weight is 519 g/mol. The van der Waals surface area contributed by atoms with E-state index < -0.39 is 23.4 Å². The summed E-state index contributed by atoms with van der Waals surface area (Å²) in [6, 6.07) is 25.0. The number of halogens is 1. The maximum absolute atomic E-state index is 14.5. The molecule has 4 aromatic rings. The summed E-state index contributed by atoms with van der Waals surface area (Å²) in [5, 5.41) is 5.46. The van der Waals surface area contributed by atoms with Crippen LogP contribution in [0.25, 0.3) is 16.8 Å². The number of para-hydroxylation sites is 1. The molecule has 7 rings (SSSR count). The Hall–Kier alpha value is -4.22. The number of rotatable bonds is 3. The number of Topliss-reactive ketones (excluding diaryl/α,β-unsaturated/α-hetero) is 2. The van der Waals surface area contributed by atoms with E-state index in [0.717, 1.165) is 27.6 Å². The van der Waals surface area contributed by atoms with Gasteiger partial charge in [0.15, 0.2) is 11.6 Å². The van der Waals surface area contributed by atoms with Crippen LogP contribution in [0, 0.1) is 5.92 Å². The van der Waals surface area contributed by atoms with E-state index in [0.29, 0.717) is 16.3 Å². The highest BCUT2D eigenvalue weighted by Crippen LogP contribution is 2.58. The lowest BCUT2D eigenvalue weighted by molar-refractivity contribution is -0.122. The van der Waals surface area contributed by atoms with Gasteiger partial charge in [0, 0.05) is 22.5 Å². The summed E-state index contributed by atoms with van der Waals surface area (Å²) in [4.78, 5) is 44.3. The van der Waals surface area contributed by atoms with Gasteiger partial charge in [-0.25, -0.2) is 0 Å². The summed E-state index contributed by atoms with van der Waals surface area (Å²) in [6.07, 6.45) is 4.03. The summed E-state index contributed by atoms with van der Waals surface area (Å²) in [6.45, 7) is 1.51. The molecule has 4 unspecified atom stereocenters. The predicted octanol–water partition coefficient (Wildman–Crippen LogP) is 6.06. The monoisotopic (exact) mass is 518 g/mol. The van der Waals surface area contributed by atoms with E-state index in [1.54, 1.807) is 24.3 Å². The Bertz CT molecular complexity index is 1730. The first-order valence-corrected chi connectivity index (χ1v) is 13.0. The third-order valence-corrected chi connectivity index (χ3v) is 8.71. The fraction of sp³-hybridized carbons (Fsp3) is 0.156. The van der Waals surface area contributed by atoms with E-state index in [4.69, 9.17) is 11.6 Å². The summed E-state index contributed by atoms with van der Waals surface area (Å²) in [5.74, 6) is -1.76. The van der Waals surface area contributed by atoms with Crippen LogP contribution >= 0.6 is 11.6 Å². The second kappa shape index (κ2) is 8.14. The molecule has 1 fully saturated rings. The molecule has 0 saturated carbocycles. The number of anilines is 2. The molecule has 186 valence electrons. The van der Waals surface area contributed by atoms with E-state index in [1.807, 2.05) is 71.6 Å². The zero-order chi connectivity index (χ0) is 26.2. The van der Waals surface area contributed by atoms with Gasteiger partial charge in [-0.05, 0) is 47.5 Å². The van der Waals surface area contributed by atoms with Crippen molar-refractivity contribution in [2.75, 3.05) is 10.2 Å². The Morgan fingerprint density at radius 3 is 2.47 bits per heavy atom. The number of nitrogens with one attached hydrogen (secondary N) is 1. The van der Waals surface area contributed by atoms with Gasteiger partial charge in [-0.2, -0.15) is 0 Å². The highest BCUT2D eigenvalue weighted by atomic mass is 35.5. The van der Waals surface area contributed by atoms with Crippen LogP contribution in [0.3, 0.4) is 0 Å². The molecule has 0 aromatic heterocycles. The summed E-state index contributed by atoms with van der Waals surface area (Å²) >= 11 is 6.52. The number of hydrogen-bond donors (Lipinski definition) is 1. The zero-order valence-electron chi connectivity index (χ0n) is 20.5. The minimum absolute atomic E-state index is 0.177. The second-order valence-electron chi connectivity index (χ2n) is 10.2. The molecule has 3 heterocycles. The van der Waals surface area contributed by atoms with Crippen LogP contribution in [0.4, 0.5) is 11.4 Å². The van der Waals surface area contributed by atoms with Crippen LogP contribution in [-0.4, -0.2) is 29.6 Å². The van der Waals surface area contributed by atoms with Crippen molar-refractivity contribution < 1.29 is 14.4 Å². The number of nitrogens with zero attached hydrogens (tertiary/aromatic N) is 1. The molecule has 1 N–H and O–H groups in total. The second-order valence-corrected chi connectivity index (χ2v) is 10.6. The van der Waals surface area contributed by atoms with Gasteiger partial charge in [-0.3, -0.25) is 14.4 Å². The van der Waals surface area contributed by atoms with Gasteiger partial charge >= 0.3 is 0 Å². The Balaban J connectivity index is 1.55. The predicted molar refractivity (Wildman–Crippen MR) is 150 cm³/mol. The van der Waals surface area contributed by atoms with Gasteiger partial charge in [0.1, 0.15) is 5.41 Å². The lowest BCUT2D eigenvalue weighted by atomic mass is 9.64. The quantitative estimate of drug-likeness (QED) is 0.335. The molecular formula is C32H23ClN2O3. The molecule has 4 aromatic carbocycles. The number of ketones is 2. The number of amides is 1. The number of hydrogen-bond acceptors (Lipinski definition) is 4. The fourth-order valence-corrected chi connectivity index (χ4v) is 7.14. The number of fused-ring (bicyclic) bond motifs is 8. The largest absolute Gasteiger partial charge is 0.352 e. The normalized spacial score (nSPS) is 24.7. The summed E-state index contributed by atoms with van der Waals surface area (Å²) in [7, 11) is 0. The molecule has 0 aliphatic carbocycles. The highest BCUT2D eigenvalue weighted by molar-refractivity contribution is 6.34. The van der Waals surface area contributed by atoms with E-state index >= 15 is 0 Å². The highest BCUT2D eigenvalue weighted by Gasteiger charge is 2.70. The molecule has 3 aliphatic rings. The number of carbonyl (C=O) groups is 3. The van der Waals surface area contributed by atoms with Crippen LogP contribution in [0.2, 0.25) is 5.02 Å². The first-order valence-electron chi connectivity index (χ1n) is 12.6. The third kappa shape index (κ3) is 2.85. The maximum Gasteiger partial charge on any atom is 0.238 e. The molecule has 0 bridgehead atoms. The first kappa shape index (κ1) is 22.9. The van der Waals surface area contributed by atoms with Crippen LogP contribution in [0.15, 0.2) is 91.0 Å². The van der Waals surface area contributed by atoms with Crippen molar-refractivity contribution in [3.05, 3.63) is 113 Å². The standard InChI is InChI=1S/C32H23ClN2O3/c1-18(36)29-28(30(37)22-10-4-6-12-24(22)33)32(23-11-5-7-13-25(23)34-31(32)38)27-17-15-21-20-9-3-2-8-19(20)14-16-26(21)35(27)29/h2-17,27-29H,1H3,(H,34,38). The Morgan fingerprint density at radius 1 is 0.921 bits per heavy atom. The molecule has 38 heavy (non-hydrogen) atoms. The minimum Gasteiger partial charge on any atom is -0.352 e. The summed E-state index contributed by atoms with van der Waals surface area (Å²) < 4.78 is 0. The number of benzene rings is 4. The molecule has 6 heteroatoms. The Labute approximate surface area is 224 Å². The molecule has 0 radical (unpaired) electrons. The summed E-state index contributed by atoms with van der Waals surface area (Å²) in [5.41, 5.74) is 2.19. The van der Waals surface area contributed by atoms with Gasteiger partial charge < -0.3 is 10.2 Å². The lowest BCUT2D eigenvalue weighted by Crippen LogP contribution is -2.51. The van der Waals surface area contributed by atoms with Crippen LogP contribution in [0.5, 0.6) is 0 Å². The molecule has 4 atom stereocenters. The van der Waals surface area contributed by atoms with Crippen molar-refractivity contribution in [3.8, 4) is 0 Å². The van der Waals surface area contributed by atoms with Crippen molar-refractivity contribution in [2.24, 2.45) is 5.92 Å². The Kier molecular flexibility index (Phi) is 4.91. The van der Waals surface area contributed by atoms with Crippen molar-refractivity contribution in [1.29, 1.82) is 0 Å². The Morgan fingerprint density at radius 2 is 1.66 bits per heavy atom. The van der Waals surface area contributed by atoms with Crippen LogP contribution in [-0.2, 0) is 15.0 Å². The minimum atomic E-state index is -1.32. The van der Waals surface area contributed by atoms with E-state index in [9.17, 15) is 14.4 Å². The fourth-order valence-electron chi connectivity index (χ4n) is 6.91. The van der Waals surface area contributed by atoms with E-state index in [-0.39, 0.29) is 17.5 Å². The van der Waals surface area contributed by atoms with E-state index in [2.05, 4.69) is 11.4 Å². The molecule has 1 saturated heterocycles. The van der Waals surface area contributed by atoms with Gasteiger partial charge in [-0.1, -0.05) is 84.4 Å². The van der Waals surface area contributed by atoms with Crippen molar-refractivity contribution in [3.63, 3.8) is 0 Å². The van der Waals surface area contributed by atoms with Gasteiger partial charge in [-0.15, -0.1) is 0 Å². The smallest absolute Gasteiger partial charge is 0.238 e. The molecule has 5 nitrogen and oxygen atoms in total. The topological polar surface area (TPSA) is 66.5 Å². The molecule has 1 amide bonds. The zero-order valence-corrected chi connectivity index (χ0v) is 21.3. The van der Waals surface area contributed by atoms with Crippen LogP contribution in [0.1, 0.15) is 28.4 Å². The third-order valence-electron chi connectivity index (χ3n) is 8.38. The average Bonchev–Trinajstić information content (AvgIpc) is 3.41. The first-order chi connectivity index (χ1) is 18.4. The number of carbonyl (C=O) groups excluding carboxylic acids is 3. The van der Waals surface area contributed by atoms with Gasteiger partial charge in [0.05, 0.1) is 23.0 Å². The SMILES string of the molecule is CC(=O)C1C(C(=O)c2ccccc2Cl)C2(C(=O)Nc3ccccc32)C2C=Cc3c(ccc4ccccc34)N12. The van der Waals surface area contributed by atoms with Gasteiger partial charge in [0.2, 0.25) is 5.91 Å².